The largest absolute Gasteiger partial charge is 0.478 e. The summed E-state index contributed by atoms with van der Waals surface area (Å²) in [6, 6.07) is 2.47. The fourth-order valence-electron chi connectivity index (χ4n) is 0.993. The third kappa shape index (κ3) is 2.84. The number of carbonyl (C=O) groups is 2. The minimum atomic E-state index is -1.14. The van der Waals surface area contributed by atoms with E-state index in [1.54, 1.807) is 0 Å². The molecule has 1 amide bonds. The average molecular weight is 248 g/mol. The number of rotatable bonds is 2. The molecule has 0 bridgehead atoms. The van der Waals surface area contributed by atoms with Crippen molar-refractivity contribution < 1.29 is 14.7 Å². The van der Waals surface area contributed by atoms with Gasteiger partial charge in [-0.2, -0.15) is 0 Å². The number of amides is 1. The van der Waals surface area contributed by atoms with E-state index >= 15 is 0 Å². The molecular weight excluding hydrogens is 241 g/mol. The molecule has 0 aliphatic rings. The van der Waals surface area contributed by atoms with Gasteiger partial charge in [0.05, 0.1) is 21.3 Å². The Bertz CT molecular complexity index is 432. The highest BCUT2D eigenvalue weighted by Gasteiger charge is 2.12. The normalized spacial score (nSPS) is 9.80. The summed E-state index contributed by atoms with van der Waals surface area (Å²) in [5, 5.41) is 11.3. The van der Waals surface area contributed by atoms with Gasteiger partial charge >= 0.3 is 5.97 Å². The summed E-state index contributed by atoms with van der Waals surface area (Å²) in [7, 11) is 0. The molecule has 0 aromatic heterocycles. The maximum Gasteiger partial charge on any atom is 0.335 e. The molecule has 0 radical (unpaired) electrons. The van der Waals surface area contributed by atoms with E-state index in [-0.39, 0.29) is 27.2 Å². The van der Waals surface area contributed by atoms with Crippen LogP contribution in [0.1, 0.15) is 17.3 Å². The number of hydrogen-bond donors (Lipinski definition) is 2. The van der Waals surface area contributed by atoms with Gasteiger partial charge in [-0.3, -0.25) is 4.79 Å². The van der Waals surface area contributed by atoms with Crippen LogP contribution in [0.5, 0.6) is 0 Å². The molecule has 4 nitrogen and oxygen atoms in total. The number of hydrogen-bond acceptors (Lipinski definition) is 2. The molecular formula is C9H7Cl2NO3. The number of carboxylic acid groups (broad SMARTS) is 1. The SMILES string of the molecule is CC(=O)Nc1cc(C(=O)O)cc(Cl)c1Cl. The van der Waals surface area contributed by atoms with Crippen LogP contribution < -0.4 is 5.32 Å². The Balaban J connectivity index is 3.24. The molecule has 0 aliphatic carbocycles. The monoisotopic (exact) mass is 247 g/mol. The summed E-state index contributed by atoms with van der Waals surface area (Å²) < 4.78 is 0. The molecule has 0 heterocycles. The van der Waals surface area contributed by atoms with E-state index < -0.39 is 5.97 Å². The number of carboxylic acids is 1. The summed E-state index contributed by atoms with van der Waals surface area (Å²) >= 11 is 11.5. The number of nitrogens with one attached hydrogen (secondary N) is 1. The Morgan fingerprint density at radius 2 is 1.93 bits per heavy atom. The molecule has 1 aromatic rings. The van der Waals surface area contributed by atoms with E-state index in [9.17, 15) is 9.59 Å². The van der Waals surface area contributed by atoms with Gasteiger partial charge < -0.3 is 10.4 Å². The van der Waals surface area contributed by atoms with E-state index in [4.69, 9.17) is 28.3 Å². The maximum atomic E-state index is 10.8. The quantitative estimate of drug-likeness (QED) is 0.845. The summed E-state index contributed by atoms with van der Waals surface area (Å²) in [6.07, 6.45) is 0. The molecule has 0 spiro atoms. The molecule has 0 saturated heterocycles. The number of carbonyl (C=O) groups excluding carboxylic acids is 1. The fraction of sp³-hybridized carbons (Fsp3) is 0.111. The van der Waals surface area contributed by atoms with Crippen molar-refractivity contribution in [3.8, 4) is 0 Å². The standard InChI is InChI=1S/C9H7Cl2NO3/c1-4(13)12-7-3-5(9(14)15)2-6(10)8(7)11/h2-3H,1H3,(H,12,13)(H,14,15). The molecule has 2 N–H and O–H groups in total. The zero-order valence-corrected chi connectivity index (χ0v) is 9.19. The average Bonchev–Trinajstić information content (AvgIpc) is 2.11. The minimum absolute atomic E-state index is 0.0341. The molecule has 0 fully saturated rings. The predicted octanol–water partition coefficient (Wildman–Crippen LogP) is 2.65. The second-order valence-electron chi connectivity index (χ2n) is 2.81. The second-order valence-corrected chi connectivity index (χ2v) is 3.59. The molecule has 6 heteroatoms. The van der Waals surface area contributed by atoms with E-state index in [1.165, 1.54) is 19.1 Å². The minimum Gasteiger partial charge on any atom is -0.478 e. The Kier molecular flexibility index (Phi) is 3.55. The van der Waals surface area contributed by atoms with Gasteiger partial charge in [-0.05, 0) is 12.1 Å². The molecule has 80 valence electrons. The van der Waals surface area contributed by atoms with Crippen LogP contribution in [0.4, 0.5) is 5.69 Å². The first-order valence-corrected chi connectivity index (χ1v) is 4.67. The summed E-state index contributed by atoms with van der Waals surface area (Å²) in [6.45, 7) is 1.29. The van der Waals surface area contributed by atoms with E-state index in [1.807, 2.05) is 0 Å². The van der Waals surface area contributed by atoms with Crippen molar-refractivity contribution in [1.82, 2.24) is 0 Å². The van der Waals surface area contributed by atoms with Gasteiger partial charge in [0, 0.05) is 6.92 Å². The predicted molar refractivity (Wildman–Crippen MR) is 57.7 cm³/mol. The summed E-state index contributed by atoms with van der Waals surface area (Å²) in [5.74, 6) is -1.49. The van der Waals surface area contributed by atoms with E-state index in [2.05, 4.69) is 5.32 Å². The van der Waals surface area contributed by atoms with Crippen LogP contribution in [-0.4, -0.2) is 17.0 Å². The molecule has 15 heavy (non-hydrogen) atoms. The lowest BCUT2D eigenvalue weighted by Gasteiger charge is -2.07. The molecule has 0 aliphatic heterocycles. The van der Waals surface area contributed by atoms with Crippen molar-refractivity contribution in [1.29, 1.82) is 0 Å². The Morgan fingerprint density at radius 1 is 1.33 bits per heavy atom. The lowest BCUT2D eigenvalue weighted by atomic mass is 10.2. The molecule has 0 saturated carbocycles. The molecule has 0 unspecified atom stereocenters. The second kappa shape index (κ2) is 4.51. The first-order valence-electron chi connectivity index (χ1n) is 3.91. The maximum absolute atomic E-state index is 10.8. The number of aromatic carboxylic acids is 1. The Morgan fingerprint density at radius 3 is 2.40 bits per heavy atom. The number of anilines is 1. The van der Waals surface area contributed by atoms with Crippen molar-refractivity contribution in [2.45, 2.75) is 6.92 Å². The lowest BCUT2D eigenvalue weighted by molar-refractivity contribution is -0.114. The molecule has 1 aromatic carbocycles. The van der Waals surface area contributed by atoms with Gasteiger partial charge in [0.2, 0.25) is 5.91 Å². The lowest BCUT2D eigenvalue weighted by Crippen LogP contribution is -2.08. The molecule has 1 rings (SSSR count). The number of halogens is 2. The van der Waals surface area contributed by atoms with Crippen molar-refractivity contribution in [3.05, 3.63) is 27.7 Å². The third-order valence-electron chi connectivity index (χ3n) is 1.59. The van der Waals surface area contributed by atoms with Gasteiger partial charge in [0.1, 0.15) is 0 Å². The van der Waals surface area contributed by atoms with Crippen molar-refractivity contribution in [2.24, 2.45) is 0 Å². The Labute approximate surface area is 95.8 Å². The van der Waals surface area contributed by atoms with Gasteiger partial charge in [-0.15, -0.1) is 0 Å². The van der Waals surface area contributed by atoms with Crippen LogP contribution in [-0.2, 0) is 4.79 Å². The highest BCUT2D eigenvalue weighted by Crippen LogP contribution is 2.31. The van der Waals surface area contributed by atoms with Crippen LogP contribution in [0.25, 0.3) is 0 Å². The van der Waals surface area contributed by atoms with Crippen LogP contribution in [0.2, 0.25) is 10.0 Å². The zero-order valence-electron chi connectivity index (χ0n) is 7.67. The highest BCUT2D eigenvalue weighted by molar-refractivity contribution is 6.44. The molecule has 0 atom stereocenters. The highest BCUT2D eigenvalue weighted by atomic mass is 35.5. The van der Waals surface area contributed by atoms with Crippen molar-refractivity contribution >= 4 is 40.8 Å². The van der Waals surface area contributed by atoms with E-state index in [0.29, 0.717) is 0 Å². The zero-order chi connectivity index (χ0) is 11.6. The van der Waals surface area contributed by atoms with Gasteiger partial charge in [0.25, 0.3) is 0 Å². The summed E-state index contributed by atoms with van der Waals surface area (Å²) in [4.78, 5) is 21.5. The topological polar surface area (TPSA) is 66.4 Å². The van der Waals surface area contributed by atoms with Gasteiger partial charge in [-0.25, -0.2) is 4.79 Å². The first-order chi connectivity index (χ1) is 6.91. The van der Waals surface area contributed by atoms with Crippen LogP contribution in [0, 0.1) is 0 Å². The fourth-order valence-corrected chi connectivity index (χ4v) is 1.37. The van der Waals surface area contributed by atoms with Crippen LogP contribution in [0.3, 0.4) is 0 Å². The van der Waals surface area contributed by atoms with Crippen LogP contribution in [0.15, 0.2) is 12.1 Å². The first kappa shape index (κ1) is 11.8. The van der Waals surface area contributed by atoms with Gasteiger partial charge in [0.15, 0.2) is 0 Å². The van der Waals surface area contributed by atoms with E-state index in [0.717, 1.165) is 0 Å². The van der Waals surface area contributed by atoms with Crippen molar-refractivity contribution in [2.75, 3.05) is 5.32 Å². The van der Waals surface area contributed by atoms with Crippen molar-refractivity contribution in [3.63, 3.8) is 0 Å². The van der Waals surface area contributed by atoms with Crippen LogP contribution >= 0.6 is 23.2 Å². The van der Waals surface area contributed by atoms with Gasteiger partial charge in [-0.1, -0.05) is 23.2 Å². The third-order valence-corrected chi connectivity index (χ3v) is 2.39. The Hall–Kier alpha value is -1.26. The smallest absolute Gasteiger partial charge is 0.335 e. The summed E-state index contributed by atoms with van der Waals surface area (Å²) in [5.41, 5.74) is 0.155. The number of benzene rings is 1.